The lowest BCUT2D eigenvalue weighted by molar-refractivity contribution is 0.0954. The van der Waals surface area contributed by atoms with Crippen molar-refractivity contribution in [2.45, 2.75) is 26.8 Å². The molecule has 1 heterocycles. The van der Waals surface area contributed by atoms with E-state index in [0.29, 0.717) is 36.7 Å². The van der Waals surface area contributed by atoms with Crippen molar-refractivity contribution in [3.05, 3.63) is 94.3 Å². The first-order valence-electron chi connectivity index (χ1n) is 10.7. The number of halogens is 1. The quantitative estimate of drug-likeness (QED) is 0.395. The van der Waals surface area contributed by atoms with E-state index in [1.807, 2.05) is 30.3 Å². The zero-order valence-electron chi connectivity index (χ0n) is 18.3. The molecular formula is C26H26ClN3O2. The van der Waals surface area contributed by atoms with Crippen LogP contribution >= 0.6 is 11.6 Å². The number of fused-ring (bicyclic) bond motifs is 1. The minimum Gasteiger partial charge on any atom is -0.491 e. The number of aryl methyl sites for hydroxylation is 1. The molecule has 5 nitrogen and oxygen atoms in total. The summed E-state index contributed by atoms with van der Waals surface area (Å²) in [5.74, 6) is 1.71. The van der Waals surface area contributed by atoms with Gasteiger partial charge in [0.05, 0.1) is 17.6 Å². The van der Waals surface area contributed by atoms with Crippen LogP contribution in [-0.4, -0.2) is 28.6 Å². The summed E-state index contributed by atoms with van der Waals surface area (Å²) in [5, 5.41) is 3.58. The Kier molecular flexibility index (Phi) is 6.76. The Morgan fingerprint density at radius 1 is 1.03 bits per heavy atom. The Morgan fingerprint density at radius 3 is 2.62 bits per heavy atom. The topological polar surface area (TPSA) is 56.1 Å². The van der Waals surface area contributed by atoms with E-state index in [0.717, 1.165) is 28.2 Å². The molecule has 164 valence electrons. The fourth-order valence-electron chi connectivity index (χ4n) is 3.68. The molecule has 4 aromatic rings. The number of para-hydroxylation sites is 2. The fraction of sp³-hybridized carbons (Fsp3) is 0.231. The van der Waals surface area contributed by atoms with Crippen LogP contribution in [0.3, 0.4) is 0 Å². The van der Waals surface area contributed by atoms with E-state index in [4.69, 9.17) is 21.3 Å². The van der Waals surface area contributed by atoms with Gasteiger partial charge in [0.25, 0.3) is 5.91 Å². The lowest BCUT2D eigenvalue weighted by Crippen LogP contribution is -2.26. The highest BCUT2D eigenvalue weighted by Gasteiger charge is 2.12. The zero-order chi connectivity index (χ0) is 22.5. The molecule has 0 fully saturated rings. The summed E-state index contributed by atoms with van der Waals surface area (Å²) in [6.07, 6.45) is 0.623. The Bertz CT molecular complexity index is 1230. The Morgan fingerprint density at radius 2 is 1.81 bits per heavy atom. The SMILES string of the molecule is Cc1cccc(OCCn2c(CCNC(=O)c3ccc(Cl)cc3)nc3ccccc32)c1C. The molecule has 4 rings (SSSR count). The molecule has 1 N–H and O–H groups in total. The van der Waals surface area contributed by atoms with Crippen LogP contribution in [0.25, 0.3) is 11.0 Å². The van der Waals surface area contributed by atoms with E-state index in [9.17, 15) is 4.79 Å². The van der Waals surface area contributed by atoms with E-state index in [1.54, 1.807) is 24.3 Å². The molecule has 3 aromatic carbocycles. The van der Waals surface area contributed by atoms with Gasteiger partial charge in [-0.15, -0.1) is 0 Å². The van der Waals surface area contributed by atoms with Crippen LogP contribution in [-0.2, 0) is 13.0 Å². The van der Waals surface area contributed by atoms with Gasteiger partial charge in [-0.2, -0.15) is 0 Å². The second-order valence-electron chi connectivity index (χ2n) is 7.73. The van der Waals surface area contributed by atoms with Crippen LogP contribution in [0.2, 0.25) is 5.02 Å². The van der Waals surface area contributed by atoms with Crippen LogP contribution in [0, 0.1) is 13.8 Å². The summed E-state index contributed by atoms with van der Waals surface area (Å²) < 4.78 is 8.25. The molecule has 1 aromatic heterocycles. The van der Waals surface area contributed by atoms with E-state index in [1.165, 1.54) is 5.56 Å². The van der Waals surface area contributed by atoms with E-state index in [2.05, 4.69) is 35.9 Å². The standard InChI is InChI=1S/C26H26ClN3O2/c1-18-6-5-9-24(19(18)2)32-17-16-30-23-8-4-3-7-22(23)29-25(30)14-15-28-26(31)20-10-12-21(27)13-11-20/h3-13H,14-17H2,1-2H3,(H,28,31). The summed E-state index contributed by atoms with van der Waals surface area (Å²) >= 11 is 5.90. The van der Waals surface area contributed by atoms with Crippen molar-refractivity contribution < 1.29 is 9.53 Å². The maximum absolute atomic E-state index is 12.4. The number of aromatic nitrogens is 2. The van der Waals surface area contributed by atoms with Gasteiger partial charge < -0.3 is 14.6 Å². The van der Waals surface area contributed by atoms with Gasteiger partial charge in [-0.05, 0) is 67.4 Å². The van der Waals surface area contributed by atoms with Gasteiger partial charge in [0, 0.05) is 23.6 Å². The molecule has 6 heteroatoms. The molecule has 32 heavy (non-hydrogen) atoms. The molecule has 0 aliphatic heterocycles. The number of imidazole rings is 1. The van der Waals surface area contributed by atoms with Crippen molar-refractivity contribution in [3.63, 3.8) is 0 Å². The molecule has 0 radical (unpaired) electrons. The number of carbonyl (C=O) groups is 1. The molecular weight excluding hydrogens is 422 g/mol. The number of carbonyl (C=O) groups excluding carboxylic acids is 1. The van der Waals surface area contributed by atoms with Crippen LogP contribution in [0.4, 0.5) is 0 Å². The van der Waals surface area contributed by atoms with Gasteiger partial charge in [0.2, 0.25) is 0 Å². The normalized spacial score (nSPS) is 11.0. The number of nitrogens with one attached hydrogen (secondary N) is 1. The summed E-state index contributed by atoms with van der Waals surface area (Å²) in [7, 11) is 0. The number of ether oxygens (including phenoxy) is 1. The van der Waals surface area contributed by atoms with Crippen molar-refractivity contribution in [3.8, 4) is 5.75 Å². The van der Waals surface area contributed by atoms with E-state index < -0.39 is 0 Å². The summed E-state index contributed by atoms with van der Waals surface area (Å²) in [6.45, 7) is 5.86. The number of hydrogen-bond acceptors (Lipinski definition) is 3. The van der Waals surface area contributed by atoms with Crippen molar-refractivity contribution in [1.29, 1.82) is 0 Å². The first kappa shape index (κ1) is 21.9. The molecule has 0 unspecified atom stereocenters. The summed E-state index contributed by atoms with van der Waals surface area (Å²) in [4.78, 5) is 17.2. The van der Waals surface area contributed by atoms with E-state index in [-0.39, 0.29) is 5.91 Å². The molecule has 0 bridgehead atoms. The number of benzene rings is 3. The molecule has 1 amide bonds. The lowest BCUT2D eigenvalue weighted by Gasteiger charge is -2.13. The van der Waals surface area contributed by atoms with E-state index >= 15 is 0 Å². The molecule has 0 aliphatic carbocycles. The van der Waals surface area contributed by atoms with Gasteiger partial charge in [-0.1, -0.05) is 35.9 Å². The summed E-state index contributed by atoms with van der Waals surface area (Å²) in [5.41, 5.74) is 4.97. The Labute approximate surface area is 193 Å². The van der Waals surface area contributed by atoms with Crippen molar-refractivity contribution >= 4 is 28.5 Å². The number of amides is 1. The molecule has 0 atom stereocenters. The highest BCUT2D eigenvalue weighted by molar-refractivity contribution is 6.30. The largest absolute Gasteiger partial charge is 0.491 e. The monoisotopic (exact) mass is 447 g/mol. The van der Waals surface area contributed by atoms with Crippen molar-refractivity contribution in [2.24, 2.45) is 0 Å². The number of hydrogen-bond donors (Lipinski definition) is 1. The number of nitrogens with zero attached hydrogens (tertiary/aromatic N) is 2. The molecule has 0 saturated heterocycles. The Balaban J connectivity index is 1.43. The van der Waals surface area contributed by atoms with Gasteiger partial charge in [-0.25, -0.2) is 4.98 Å². The third kappa shape index (κ3) is 4.94. The van der Waals surface area contributed by atoms with Crippen LogP contribution in [0.5, 0.6) is 5.75 Å². The third-order valence-electron chi connectivity index (χ3n) is 5.60. The van der Waals surface area contributed by atoms with Crippen LogP contribution < -0.4 is 10.1 Å². The molecule has 0 saturated carbocycles. The van der Waals surface area contributed by atoms with Gasteiger partial charge in [-0.3, -0.25) is 4.79 Å². The fourth-order valence-corrected chi connectivity index (χ4v) is 3.81. The van der Waals surface area contributed by atoms with Gasteiger partial charge in [0.15, 0.2) is 0 Å². The molecule has 0 spiro atoms. The lowest BCUT2D eigenvalue weighted by atomic mass is 10.1. The predicted octanol–water partition coefficient (Wildman–Crippen LogP) is 5.36. The van der Waals surface area contributed by atoms with Crippen LogP contribution in [0.1, 0.15) is 27.3 Å². The first-order valence-corrected chi connectivity index (χ1v) is 11.1. The minimum absolute atomic E-state index is 0.123. The average molecular weight is 448 g/mol. The summed E-state index contributed by atoms with van der Waals surface area (Å²) in [6, 6.07) is 21.0. The zero-order valence-corrected chi connectivity index (χ0v) is 19.0. The third-order valence-corrected chi connectivity index (χ3v) is 5.85. The minimum atomic E-state index is -0.123. The second-order valence-corrected chi connectivity index (χ2v) is 8.16. The van der Waals surface area contributed by atoms with Crippen LogP contribution in [0.15, 0.2) is 66.7 Å². The van der Waals surface area contributed by atoms with Gasteiger partial charge in [0.1, 0.15) is 18.2 Å². The second kappa shape index (κ2) is 9.88. The smallest absolute Gasteiger partial charge is 0.251 e. The Hall–Kier alpha value is -3.31. The first-order chi connectivity index (χ1) is 15.5. The highest BCUT2D eigenvalue weighted by Crippen LogP contribution is 2.21. The predicted molar refractivity (Wildman–Crippen MR) is 129 cm³/mol. The van der Waals surface area contributed by atoms with Crippen molar-refractivity contribution in [2.75, 3.05) is 13.2 Å². The molecule has 0 aliphatic rings. The van der Waals surface area contributed by atoms with Gasteiger partial charge >= 0.3 is 0 Å². The average Bonchev–Trinajstić information content (AvgIpc) is 3.14. The maximum atomic E-state index is 12.4. The number of rotatable bonds is 8. The maximum Gasteiger partial charge on any atom is 0.251 e. The van der Waals surface area contributed by atoms with Crippen molar-refractivity contribution in [1.82, 2.24) is 14.9 Å². The highest BCUT2D eigenvalue weighted by atomic mass is 35.5.